The molecule has 0 unspecified atom stereocenters. The summed E-state index contributed by atoms with van der Waals surface area (Å²) < 4.78 is 0. The van der Waals surface area contributed by atoms with Crippen LogP contribution >= 0.6 is 11.6 Å². The fourth-order valence-corrected chi connectivity index (χ4v) is 5.02. The molecule has 106 valence electrons. The number of halogens is 1. The van der Waals surface area contributed by atoms with Crippen molar-refractivity contribution in [3.8, 4) is 0 Å². The first-order valence-electron chi connectivity index (χ1n) is 6.78. The van der Waals surface area contributed by atoms with Crippen molar-refractivity contribution in [2.24, 2.45) is 0 Å². The molecule has 2 amide bonds. The third-order valence-electron chi connectivity index (χ3n) is 3.63. The van der Waals surface area contributed by atoms with Crippen molar-refractivity contribution in [2.75, 3.05) is 4.90 Å². The Balaban J connectivity index is 2.20. The Hall–Kier alpha value is -1.91. The van der Waals surface area contributed by atoms with E-state index < -0.39 is 8.80 Å². The molecule has 0 atom stereocenters. The molecule has 0 saturated carbocycles. The summed E-state index contributed by atoms with van der Waals surface area (Å²) in [6, 6.07) is 12.4. The predicted octanol–water partition coefficient (Wildman–Crippen LogP) is 2.83. The molecule has 1 heterocycles. The molecule has 0 aromatic heterocycles. The summed E-state index contributed by atoms with van der Waals surface area (Å²) in [6.07, 6.45) is 0. The van der Waals surface area contributed by atoms with Gasteiger partial charge in [-0.2, -0.15) is 0 Å². The van der Waals surface area contributed by atoms with Crippen LogP contribution in [0.1, 0.15) is 20.7 Å². The van der Waals surface area contributed by atoms with E-state index in [4.69, 9.17) is 11.6 Å². The van der Waals surface area contributed by atoms with Gasteiger partial charge in [-0.1, -0.05) is 42.9 Å². The van der Waals surface area contributed by atoms with Crippen molar-refractivity contribution in [3.05, 3.63) is 58.6 Å². The second kappa shape index (κ2) is 5.13. The van der Waals surface area contributed by atoms with Gasteiger partial charge in [0, 0.05) is 5.02 Å². The first-order chi connectivity index (χ1) is 10.0. The number of anilines is 1. The Kier molecular flexibility index (Phi) is 3.43. The summed E-state index contributed by atoms with van der Waals surface area (Å²) in [5.41, 5.74) is 1.55. The molecule has 0 aliphatic carbocycles. The number of hydrogen-bond acceptors (Lipinski definition) is 2. The van der Waals surface area contributed by atoms with Gasteiger partial charge in [0.25, 0.3) is 11.8 Å². The van der Waals surface area contributed by atoms with Crippen LogP contribution in [0.5, 0.6) is 0 Å². The third kappa shape index (κ3) is 2.11. The van der Waals surface area contributed by atoms with Gasteiger partial charge in [-0.15, -0.1) is 0 Å². The van der Waals surface area contributed by atoms with Gasteiger partial charge in [-0.05, 0) is 29.5 Å². The monoisotopic (exact) mass is 315 g/mol. The van der Waals surface area contributed by atoms with E-state index in [2.05, 4.69) is 13.1 Å². The van der Waals surface area contributed by atoms with E-state index in [1.807, 2.05) is 18.2 Å². The molecule has 2 aromatic rings. The molecule has 3 rings (SSSR count). The van der Waals surface area contributed by atoms with Gasteiger partial charge in [-0.25, -0.2) is 4.90 Å². The molecular weight excluding hydrogens is 302 g/mol. The van der Waals surface area contributed by atoms with Crippen LogP contribution < -0.4 is 10.1 Å². The Morgan fingerprint density at radius 3 is 2.24 bits per heavy atom. The summed E-state index contributed by atoms with van der Waals surface area (Å²) in [5, 5.41) is 1.47. The zero-order valence-electron chi connectivity index (χ0n) is 11.8. The molecule has 21 heavy (non-hydrogen) atoms. The minimum absolute atomic E-state index is 0.264. The van der Waals surface area contributed by atoms with E-state index in [1.165, 1.54) is 4.90 Å². The molecule has 0 N–H and O–H groups in total. The molecule has 3 nitrogen and oxygen atoms in total. The van der Waals surface area contributed by atoms with E-state index in [1.54, 1.807) is 24.3 Å². The van der Waals surface area contributed by atoms with Gasteiger partial charge < -0.3 is 0 Å². The van der Waals surface area contributed by atoms with Gasteiger partial charge in [0.2, 0.25) is 0 Å². The van der Waals surface area contributed by atoms with Crippen LogP contribution in [-0.2, 0) is 0 Å². The number of fused-ring (bicyclic) bond motifs is 1. The largest absolute Gasteiger partial charge is 0.268 e. The maximum absolute atomic E-state index is 12.8. The average molecular weight is 316 g/mol. The maximum atomic E-state index is 12.8. The summed E-state index contributed by atoms with van der Waals surface area (Å²) in [6.45, 7) is 4.20. The number of imide groups is 1. The molecule has 0 fully saturated rings. The van der Waals surface area contributed by atoms with Crippen LogP contribution in [0.25, 0.3) is 0 Å². The fraction of sp³-hybridized carbons (Fsp3) is 0.125. The van der Waals surface area contributed by atoms with Crippen LogP contribution in [0, 0.1) is 0 Å². The topological polar surface area (TPSA) is 37.4 Å². The first kappa shape index (κ1) is 14.0. The number of nitrogens with zero attached hydrogens (tertiary/aromatic N) is 1. The lowest BCUT2D eigenvalue weighted by molar-refractivity contribution is 0.0926. The molecule has 0 radical (unpaired) electrons. The lowest BCUT2D eigenvalue weighted by Crippen LogP contribution is -2.34. The SMILES string of the molecule is C[SiH](C)c1c(Cl)ccc2c1C(=O)N(c1ccccc1)C2=O. The normalized spacial score (nSPS) is 14.0. The minimum atomic E-state index is -1.33. The number of rotatable bonds is 2. The van der Waals surface area contributed by atoms with E-state index in [0.717, 1.165) is 5.19 Å². The predicted molar refractivity (Wildman–Crippen MR) is 87.5 cm³/mol. The molecule has 0 spiro atoms. The first-order valence-corrected chi connectivity index (χ1v) is 10.0. The molecule has 2 aromatic carbocycles. The maximum Gasteiger partial charge on any atom is 0.266 e. The van der Waals surface area contributed by atoms with Crippen LogP contribution in [-0.4, -0.2) is 20.6 Å². The summed E-state index contributed by atoms with van der Waals surface area (Å²) in [4.78, 5) is 26.6. The van der Waals surface area contributed by atoms with E-state index in [9.17, 15) is 9.59 Å². The van der Waals surface area contributed by atoms with E-state index in [0.29, 0.717) is 21.8 Å². The van der Waals surface area contributed by atoms with Crippen molar-refractivity contribution in [1.82, 2.24) is 0 Å². The smallest absolute Gasteiger partial charge is 0.266 e. The zero-order valence-corrected chi connectivity index (χ0v) is 13.7. The van der Waals surface area contributed by atoms with Crippen molar-refractivity contribution in [2.45, 2.75) is 13.1 Å². The molecular formula is C16H14ClNO2Si. The summed E-state index contributed by atoms with van der Waals surface area (Å²) in [7, 11) is -1.33. The number of carbonyl (C=O) groups excluding carboxylic acids is 2. The number of hydrogen-bond donors (Lipinski definition) is 0. The molecule has 0 saturated heterocycles. The fourth-order valence-electron chi connectivity index (χ4n) is 2.70. The number of benzene rings is 2. The Labute approximate surface area is 129 Å². The van der Waals surface area contributed by atoms with Crippen LogP contribution in [0.2, 0.25) is 18.1 Å². The van der Waals surface area contributed by atoms with Crippen molar-refractivity contribution in [1.29, 1.82) is 0 Å². The molecule has 0 bridgehead atoms. The molecule has 5 heteroatoms. The quantitative estimate of drug-likeness (QED) is 0.631. The average Bonchev–Trinajstić information content (AvgIpc) is 2.71. The standard InChI is InChI=1S/C16H14ClNO2Si/c1-21(2)14-12(17)9-8-11-13(14)16(20)18(15(11)19)10-6-4-3-5-7-10/h3-9,21H,1-2H3. The van der Waals surface area contributed by atoms with Gasteiger partial charge >= 0.3 is 0 Å². The second-order valence-corrected chi connectivity index (χ2v) is 8.61. The van der Waals surface area contributed by atoms with Crippen molar-refractivity contribution < 1.29 is 9.59 Å². The Morgan fingerprint density at radius 2 is 1.62 bits per heavy atom. The number of para-hydroxylation sites is 1. The summed E-state index contributed by atoms with van der Waals surface area (Å²) in [5.74, 6) is -0.534. The lowest BCUT2D eigenvalue weighted by atomic mass is 10.1. The molecule has 1 aliphatic rings. The number of amides is 2. The zero-order chi connectivity index (χ0) is 15.1. The highest BCUT2D eigenvalue weighted by molar-refractivity contribution is 6.75. The van der Waals surface area contributed by atoms with Gasteiger partial charge in [0.1, 0.15) is 0 Å². The third-order valence-corrected chi connectivity index (χ3v) is 5.90. The minimum Gasteiger partial charge on any atom is -0.268 e. The van der Waals surface area contributed by atoms with Crippen molar-refractivity contribution >= 4 is 43.1 Å². The van der Waals surface area contributed by atoms with Gasteiger partial charge in [-0.3, -0.25) is 9.59 Å². The summed E-state index contributed by atoms with van der Waals surface area (Å²) >= 11 is 6.26. The highest BCUT2D eigenvalue weighted by atomic mass is 35.5. The van der Waals surface area contributed by atoms with Gasteiger partial charge in [0.15, 0.2) is 0 Å². The van der Waals surface area contributed by atoms with Crippen molar-refractivity contribution in [3.63, 3.8) is 0 Å². The second-order valence-electron chi connectivity index (χ2n) is 5.32. The van der Waals surface area contributed by atoms with Crippen LogP contribution in [0.15, 0.2) is 42.5 Å². The van der Waals surface area contributed by atoms with Crippen LogP contribution in [0.3, 0.4) is 0 Å². The Bertz CT molecular complexity index is 743. The van der Waals surface area contributed by atoms with E-state index >= 15 is 0 Å². The lowest BCUT2D eigenvalue weighted by Gasteiger charge is -2.14. The number of carbonyl (C=O) groups is 2. The van der Waals surface area contributed by atoms with E-state index in [-0.39, 0.29) is 11.8 Å². The van der Waals surface area contributed by atoms with Crippen LogP contribution in [0.4, 0.5) is 5.69 Å². The highest BCUT2D eigenvalue weighted by Gasteiger charge is 2.39. The Morgan fingerprint density at radius 1 is 0.952 bits per heavy atom. The highest BCUT2D eigenvalue weighted by Crippen LogP contribution is 2.29. The molecule has 1 aliphatic heterocycles. The van der Waals surface area contributed by atoms with Gasteiger partial charge in [0.05, 0.1) is 25.6 Å².